The van der Waals surface area contributed by atoms with Crippen LogP contribution >= 0.6 is 23.1 Å². The number of benzene rings is 1. The molecule has 1 aromatic carbocycles. The summed E-state index contributed by atoms with van der Waals surface area (Å²) in [5, 5.41) is 3.54. The van der Waals surface area contributed by atoms with Crippen LogP contribution in [0.15, 0.2) is 52.3 Å². The monoisotopic (exact) mass is 426 g/mol. The van der Waals surface area contributed by atoms with Gasteiger partial charge in [-0.15, -0.1) is 11.3 Å². The van der Waals surface area contributed by atoms with Gasteiger partial charge in [-0.25, -0.2) is 9.78 Å². The van der Waals surface area contributed by atoms with Crippen LogP contribution in [0.25, 0.3) is 10.2 Å². The molecule has 7 nitrogen and oxygen atoms in total. The van der Waals surface area contributed by atoms with Crippen LogP contribution in [0.1, 0.15) is 13.8 Å². The van der Waals surface area contributed by atoms with Crippen molar-refractivity contribution in [3.8, 4) is 0 Å². The van der Waals surface area contributed by atoms with Crippen molar-refractivity contribution in [3.63, 3.8) is 0 Å². The molecule has 1 aliphatic rings. The van der Waals surface area contributed by atoms with Gasteiger partial charge in [-0.3, -0.25) is 4.98 Å². The topological polar surface area (TPSA) is 86.8 Å². The van der Waals surface area contributed by atoms with E-state index in [1.54, 1.807) is 11.3 Å². The number of H-pyrrole nitrogens is 1. The van der Waals surface area contributed by atoms with Gasteiger partial charge in [0.05, 0.1) is 15.7 Å². The van der Waals surface area contributed by atoms with E-state index in [0.717, 1.165) is 34.7 Å². The van der Waals surface area contributed by atoms with Crippen LogP contribution in [-0.4, -0.2) is 44.0 Å². The first kappa shape index (κ1) is 19.7. The smallest absolute Gasteiger partial charge is 0.338 e. The number of fused-ring (bicyclic) bond motifs is 1. The first-order valence-electron chi connectivity index (χ1n) is 9.37. The number of nitrogens with one attached hydrogen (secondary N) is 2. The highest BCUT2D eigenvalue weighted by Gasteiger charge is 2.24. The van der Waals surface area contributed by atoms with Crippen molar-refractivity contribution in [1.82, 2.24) is 19.9 Å². The Bertz CT molecular complexity index is 1120. The maximum Gasteiger partial charge on any atom is 0.351 e. The molecule has 9 heteroatoms. The second-order valence-electron chi connectivity index (χ2n) is 6.70. The van der Waals surface area contributed by atoms with E-state index in [4.69, 9.17) is 0 Å². The van der Waals surface area contributed by atoms with Gasteiger partial charge in [0.15, 0.2) is 0 Å². The van der Waals surface area contributed by atoms with Gasteiger partial charge in [0, 0.05) is 29.8 Å². The van der Waals surface area contributed by atoms with Crippen molar-refractivity contribution < 1.29 is 0 Å². The Morgan fingerprint density at radius 1 is 1.38 bits per heavy atom. The maximum absolute atomic E-state index is 12.2. The van der Waals surface area contributed by atoms with Crippen molar-refractivity contribution in [3.05, 3.63) is 58.0 Å². The van der Waals surface area contributed by atoms with E-state index in [1.165, 1.54) is 5.57 Å². The van der Waals surface area contributed by atoms with Crippen LogP contribution in [0.3, 0.4) is 0 Å². The molecule has 29 heavy (non-hydrogen) atoms. The van der Waals surface area contributed by atoms with Crippen molar-refractivity contribution in [1.29, 1.82) is 0 Å². The summed E-state index contributed by atoms with van der Waals surface area (Å²) in [6.45, 7) is 5.74. The van der Waals surface area contributed by atoms with Crippen LogP contribution in [0.5, 0.6) is 0 Å². The molecule has 4 rings (SSSR count). The minimum atomic E-state index is -0.410. The highest BCUT2D eigenvalue weighted by atomic mass is 32.2. The first-order chi connectivity index (χ1) is 14.1. The molecule has 1 aliphatic heterocycles. The molecule has 3 aromatic rings. The molecular weight excluding hydrogens is 404 g/mol. The Hall–Kier alpha value is -2.65. The molecule has 0 spiro atoms. The Morgan fingerprint density at radius 2 is 2.28 bits per heavy atom. The fraction of sp³-hybridized carbons (Fsp3) is 0.300. The predicted octanol–water partition coefficient (Wildman–Crippen LogP) is 3.96. The zero-order valence-corrected chi connectivity index (χ0v) is 17.9. The van der Waals surface area contributed by atoms with Crippen molar-refractivity contribution in [2.75, 3.05) is 29.1 Å². The lowest BCUT2D eigenvalue weighted by Crippen LogP contribution is -2.40. The van der Waals surface area contributed by atoms with E-state index in [9.17, 15) is 4.79 Å². The van der Waals surface area contributed by atoms with Gasteiger partial charge in [-0.1, -0.05) is 23.8 Å². The molecule has 1 saturated heterocycles. The molecule has 1 atom stereocenters. The Morgan fingerprint density at radius 3 is 3.14 bits per heavy atom. The summed E-state index contributed by atoms with van der Waals surface area (Å²) in [7, 11) is 0. The normalized spacial score (nSPS) is 17.9. The Labute approximate surface area is 177 Å². The summed E-state index contributed by atoms with van der Waals surface area (Å²) >= 11 is 3.50. The number of hydrogen-bond donors (Lipinski definition) is 2. The number of thiazole rings is 1. The number of thioether (sulfide) groups is 1. The van der Waals surface area contributed by atoms with E-state index in [2.05, 4.69) is 49.2 Å². The first-order valence-corrected chi connectivity index (χ1v) is 11.3. The number of hydrogen-bond acceptors (Lipinski definition) is 8. The van der Waals surface area contributed by atoms with E-state index < -0.39 is 5.69 Å². The Kier molecular flexibility index (Phi) is 5.96. The minimum Gasteiger partial charge on any atom is -0.338 e. The van der Waals surface area contributed by atoms with E-state index in [1.807, 2.05) is 48.5 Å². The predicted molar refractivity (Wildman–Crippen MR) is 123 cm³/mol. The molecule has 0 saturated carbocycles. The SMILES string of the molecule is C/C=C\C=C(/C)C1CN(c2nc(Nc3ccc4ncsc4c3)[nH]c(=O)n2)CCS1. The molecule has 1 fully saturated rings. The maximum atomic E-state index is 12.2. The lowest BCUT2D eigenvalue weighted by Gasteiger charge is -2.32. The van der Waals surface area contributed by atoms with E-state index >= 15 is 0 Å². The third-order valence-corrected chi connectivity index (χ3v) is 6.77. The number of aromatic nitrogens is 4. The minimum absolute atomic E-state index is 0.355. The average Bonchev–Trinajstić information content (AvgIpc) is 3.19. The van der Waals surface area contributed by atoms with Gasteiger partial charge < -0.3 is 10.2 Å². The molecular formula is C20H22N6OS2. The highest BCUT2D eigenvalue weighted by molar-refractivity contribution is 8.00. The second-order valence-corrected chi connectivity index (χ2v) is 8.90. The molecule has 0 radical (unpaired) electrons. The third-order valence-electron chi connectivity index (χ3n) is 4.64. The summed E-state index contributed by atoms with van der Waals surface area (Å²) in [6, 6.07) is 5.86. The number of rotatable bonds is 5. The van der Waals surface area contributed by atoms with Crippen molar-refractivity contribution in [2.45, 2.75) is 19.1 Å². The molecule has 150 valence electrons. The van der Waals surface area contributed by atoms with Crippen LogP contribution < -0.4 is 15.9 Å². The zero-order chi connectivity index (χ0) is 20.2. The fourth-order valence-electron chi connectivity index (χ4n) is 3.10. The lowest BCUT2D eigenvalue weighted by atomic mass is 10.2. The molecule has 0 bridgehead atoms. The number of aromatic amines is 1. The van der Waals surface area contributed by atoms with Crippen LogP contribution in [0.2, 0.25) is 0 Å². The molecule has 2 N–H and O–H groups in total. The zero-order valence-electron chi connectivity index (χ0n) is 16.3. The third kappa shape index (κ3) is 4.68. The number of anilines is 3. The Balaban J connectivity index is 1.55. The average molecular weight is 427 g/mol. The molecule has 1 unspecified atom stereocenters. The lowest BCUT2D eigenvalue weighted by molar-refractivity contribution is 0.754. The summed E-state index contributed by atoms with van der Waals surface area (Å²) in [5.74, 6) is 1.81. The number of allylic oxidation sites excluding steroid dienone is 3. The van der Waals surface area contributed by atoms with Crippen LogP contribution in [-0.2, 0) is 0 Å². The quantitative estimate of drug-likeness (QED) is 0.597. The fourth-order valence-corrected chi connectivity index (χ4v) is 5.06. The van der Waals surface area contributed by atoms with E-state index in [-0.39, 0.29) is 0 Å². The van der Waals surface area contributed by atoms with Gasteiger partial charge in [-0.05, 0) is 32.0 Å². The van der Waals surface area contributed by atoms with Crippen molar-refractivity contribution in [2.24, 2.45) is 0 Å². The number of nitrogens with zero attached hydrogens (tertiary/aromatic N) is 4. The van der Waals surface area contributed by atoms with E-state index in [0.29, 0.717) is 17.1 Å². The summed E-state index contributed by atoms with van der Waals surface area (Å²) in [5.41, 5.74) is 4.51. The standard InChI is InChI=1S/C20H22N6OS2/c1-3-4-5-13(2)17-11-26(8-9-28-17)19-23-18(24-20(27)25-19)22-14-6-7-15-16(10-14)29-12-21-15/h3-7,10,12,17H,8-9,11H2,1-2H3,(H2,22,23,24,25,27)/b4-3-,13-5+. The highest BCUT2D eigenvalue weighted by Crippen LogP contribution is 2.27. The molecule has 0 aliphatic carbocycles. The molecule has 0 amide bonds. The molecule has 3 heterocycles. The van der Waals surface area contributed by atoms with Crippen LogP contribution in [0.4, 0.5) is 17.6 Å². The second kappa shape index (κ2) is 8.79. The molecule has 2 aromatic heterocycles. The van der Waals surface area contributed by atoms with Gasteiger partial charge in [-0.2, -0.15) is 21.7 Å². The van der Waals surface area contributed by atoms with Gasteiger partial charge in [0.1, 0.15) is 0 Å². The van der Waals surface area contributed by atoms with Crippen LogP contribution in [0, 0.1) is 0 Å². The summed E-state index contributed by atoms with van der Waals surface area (Å²) < 4.78 is 1.07. The van der Waals surface area contributed by atoms with Crippen molar-refractivity contribution >= 4 is 50.9 Å². The van der Waals surface area contributed by atoms with Gasteiger partial charge in [0.2, 0.25) is 11.9 Å². The van der Waals surface area contributed by atoms with Gasteiger partial charge >= 0.3 is 5.69 Å². The van der Waals surface area contributed by atoms with Gasteiger partial charge in [0.25, 0.3) is 0 Å². The largest absolute Gasteiger partial charge is 0.351 e. The summed E-state index contributed by atoms with van der Waals surface area (Å²) in [4.78, 5) is 29.9. The summed E-state index contributed by atoms with van der Waals surface area (Å²) in [6.07, 6.45) is 6.22.